The Kier molecular flexibility index (Phi) is 6.60. The molecule has 0 saturated heterocycles. The summed E-state index contributed by atoms with van der Waals surface area (Å²) < 4.78 is 5.24. The smallest absolute Gasteiger partial charge is 0.335 e. The third-order valence-corrected chi connectivity index (χ3v) is 3.76. The molecule has 1 aliphatic heterocycles. The highest BCUT2D eigenvalue weighted by Gasteiger charge is 2.21. The van der Waals surface area contributed by atoms with Gasteiger partial charge in [-0.25, -0.2) is 10.2 Å². The van der Waals surface area contributed by atoms with Crippen molar-refractivity contribution >= 4 is 29.3 Å². The molecule has 136 valence electrons. The number of halogens is 1. The summed E-state index contributed by atoms with van der Waals surface area (Å²) in [6.07, 6.45) is 0. The number of nitrogens with zero attached hydrogens (tertiary/aromatic N) is 2. The van der Waals surface area contributed by atoms with Crippen LogP contribution in [0.5, 0.6) is 5.75 Å². The van der Waals surface area contributed by atoms with E-state index < -0.39 is 0 Å². The highest BCUT2D eigenvalue weighted by Crippen LogP contribution is 2.27. The molecule has 2 N–H and O–H groups in total. The summed E-state index contributed by atoms with van der Waals surface area (Å²) in [5, 5.41) is 8.28. The Morgan fingerprint density at radius 3 is 2.80 bits per heavy atom. The van der Waals surface area contributed by atoms with Gasteiger partial charge in [0.1, 0.15) is 0 Å². The number of rotatable bonds is 7. The number of carbonyl (C=O) groups is 2. The Labute approximate surface area is 151 Å². The molecule has 0 fully saturated rings. The summed E-state index contributed by atoms with van der Waals surface area (Å²) in [6.45, 7) is 6.32. The number of carbonyl (C=O) groups excluding carboxylic acids is 2. The first-order valence-corrected chi connectivity index (χ1v) is 8.28. The Hall–Kier alpha value is -2.32. The van der Waals surface area contributed by atoms with E-state index in [4.69, 9.17) is 21.2 Å². The van der Waals surface area contributed by atoms with Crippen molar-refractivity contribution in [1.29, 1.82) is 0 Å². The average Bonchev–Trinajstić information content (AvgIpc) is 2.55. The second kappa shape index (κ2) is 8.68. The first kappa shape index (κ1) is 19.0. The minimum absolute atomic E-state index is 0.253. The first-order valence-electron chi connectivity index (χ1n) is 7.90. The normalized spacial score (nSPS) is 16.6. The number of urea groups is 1. The lowest BCUT2D eigenvalue weighted by molar-refractivity contribution is -0.157. The molecular formula is C16H21ClN4O4. The molecule has 0 saturated carbocycles. The van der Waals surface area contributed by atoms with E-state index in [1.165, 1.54) is 12.0 Å². The quantitative estimate of drug-likeness (QED) is 0.568. The Bertz CT molecular complexity index is 680. The molecule has 9 heteroatoms. The summed E-state index contributed by atoms with van der Waals surface area (Å²) >= 11 is 6.28. The highest BCUT2D eigenvalue weighted by atomic mass is 35.5. The van der Waals surface area contributed by atoms with Crippen molar-refractivity contribution in [2.75, 3.05) is 19.8 Å². The Balaban J connectivity index is 2.13. The Morgan fingerprint density at radius 2 is 2.20 bits per heavy atom. The lowest BCUT2D eigenvalue weighted by Gasteiger charge is -2.23. The second-order valence-corrected chi connectivity index (χ2v) is 5.77. The summed E-state index contributed by atoms with van der Waals surface area (Å²) in [5.74, 6) is 0.0928. The van der Waals surface area contributed by atoms with Crippen LogP contribution in [-0.2, 0) is 9.53 Å². The van der Waals surface area contributed by atoms with Crippen LogP contribution in [-0.4, -0.2) is 48.5 Å². The van der Waals surface area contributed by atoms with Gasteiger partial charge in [-0.05, 0) is 32.0 Å². The van der Waals surface area contributed by atoms with E-state index in [-0.39, 0.29) is 18.0 Å². The van der Waals surface area contributed by atoms with E-state index in [1.807, 2.05) is 13.8 Å². The van der Waals surface area contributed by atoms with Crippen LogP contribution in [0.3, 0.4) is 0 Å². The molecule has 1 heterocycles. The molecule has 0 aromatic heterocycles. The number of benzene rings is 1. The van der Waals surface area contributed by atoms with Crippen molar-refractivity contribution in [1.82, 2.24) is 15.8 Å². The van der Waals surface area contributed by atoms with Gasteiger partial charge in [0.2, 0.25) is 0 Å². The third kappa shape index (κ3) is 5.07. The van der Waals surface area contributed by atoms with Crippen LogP contribution < -0.4 is 15.6 Å². The van der Waals surface area contributed by atoms with E-state index in [0.29, 0.717) is 36.2 Å². The number of nitrogens with one attached hydrogen (secondary N) is 2. The third-order valence-electron chi connectivity index (χ3n) is 3.47. The second-order valence-electron chi connectivity index (χ2n) is 5.36. The van der Waals surface area contributed by atoms with Gasteiger partial charge in [0.15, 0.2) is 5.75 Å². The molecule has 1 atom stereocenters. The molecule has 1 unspecified atom stereocenters. The van der Waals surface area contributed by atoms with Gasteiger partial charge in [-0.3, -0.25) is 4.79 Å². The van der Waals surface area contributed by atoms with Crippen molar-refractivity contribution < 1.29 is 19.2 Å². The standard InChI is InChI=1S/C16H21ClN4O4/c1-4-24-8-7-21(11(3)22)25-14-6-5-12(9-13(14)17)15-10(2)18-16(23)20-19-15/h5-6,9-10H,4,7-8H2,1-3H3,(H2,18,20,23). The summed E-state index contributed by atoms with van der Waals surface area (Å²) in [4.78, 5) is 28.5. The van der Waals surface area contributed by atoms with Crippen molar-refractivity contribution in [2.45, 2.75) is 26.8 Å². The van der Waals surface area contributed by atoms with Crippen molar-refractivity contribution in [3.8, 4) is 5.75 Å². The molecule has 0 aliphatic carbocycles. The van der Waals surface area contributed by atoms with Gasteiger partial charge in [-0.15, -0.1) is 0 Å². The van der Waals surface area contributed by atoms with Crippen LogP contribution in [0.4, 0.5) is 4.79 Å². The van der Waals surface area contributed by atoms with Crippen LogP contribution in [0.25, 0.3) is 0 Å². The van der Waals surface area contributed by atoms with Gasteiger partial charge >= 0.3 is 6.03 Å². The molecule has 8 nitrogen and oxygen atoms in total. The summed E-state index contributed by atoms with van der Waals surface area (Å²) in [7, 11) is 0. The average molecular weight is 369 g/mol. The zero-order valence-corrected chi connectivity index (χ0v) is 15.1. The van der Waals surface area contributed by atoms with E-state index in [2.05, 4.69) is 15.8 Å². The fraction of sp³-hybridized carbons (Fsp3) is 0.438. The van der Waals surface area contributed by atoms with Gasteiger partial charge in [-0.2, -0.15) is 10.2 Å². The lowest BCUT2D eigenvalue weighted by Crippen LogP contribution is -2.48. The summed E-state index contributed by atoms with van der Waals surface area (Å²) in [6, 6.07) is 4.48. The molecule has 2 rings (SSSR count). The SMILES string of the molecule is CCOCCN(Oc1ccc(C2=NNC(=O)NC2C)cc1Cl)C(C)=O. The van der Waals surface area contributed by atoms with E-state index in [0.717, 1.165) is 5.56 Å². The van der Waals surface area contributed by atoms with Gasteiger partial charge in [0, 0.05) is 19.1 Å². The first-order chi connectivity index (χ1) is 11.9. The van der Waals surface area contributed by atoms with E-state index in [9.17, 15) is 9.59 Å². The molecule has 0 radical (unpaired) electrons. The zero-order chi connectivity index (χ0) is 18.4. The van der Waals surface area contributed by atoms with Crippen molar-refractivity contribution in [2.24, 2.45) is 5.10 Å². The molecule has 3 amide bonds. The van der Waals surface area contributed by atoms with Gasteiger partial charge in [0.25, 0.3) is 5.91 Å². The molecule has 25 heavy (non-hydrogen) atoms. The highest BCUT2D eigenvalue weighted by molar-refractivity contribution is 6.32. The molecule has 1 aliphatic rings. The fourth-order valence-corrected chi connectivity index (χ4v) is 2.45. The maximum absolute atomic E-state index is 11.7. The van der Waals surface area contributed by atoms with Gasteiger partial charge in [0.05, 0.1) is 29.9 Å². The van der Waals surface area contributed by atoms with Crippen molar-refractivity contribution in [3.05, 3.63) is 28.8 Å². The molecular weight excluding hydrogens is 348 g/mol. The topological polar surface area (TPSA) is 92.3 Å². The number of hydroxylamine groups is 2. The monoisotopic (exact) mass is 368 g/mol. The fourth-order valence-electron chi connectivity index (χ4n) is 2.23. The van der Waals surface area contributed by atoms with Crippen molar-refractivity contribution in [3.63, 3.8) is 0 Å². The molecule has 1 aromatic rings. The number of ether oxygens (including phenoxy) is 1. The number of amides is 3. The molecule has 0 bridgehead atoms. The Morgan fingerprint density at radius 1 is 1.44 bits per heavy atom. The molecule has 0 spiro atoms. The number of hydrogen-bond donors (Lipinski definition) is 2. The predicted molar refractivity (Wildman–Crippen MR) is 93.6 cm³/mol. The van der Waals surface area contributed by atoms with Gasteiger partial charge in [-0.1, -0.05) is 11.6 Å². The van der Waals surface area contributed by atoms with Gasteiger partial charge < -0.3 is 14.9 Å². The maximum Gasteiger partial charge on any atom is 0.335 e. The van der Waals surface area contributed by atoms with Crippen LogP contribution in [0.1, 0.15) is 26.3 Å². The van der Waals surface area contributed by atoms with E-state index >= 15 is 0 Å². The number of hydrogen-bond acceptors (Lipinski definition) is 5. The maximum atomic E-state index is 11.7. The predicted octanol–water partition coefficient (Wildman–Crippen LogP) is 1.92. The largest absolute Gasteiger partial charge is 0.380 e. The van der Waals surface area contributed by atoms with Crippen LogP contribution in [0.15, 0.2) is 23.3 Å². The van der Waals surface area contributed by atoms with E-state index in [1.54, 1.807) is 18.2 Å². The number of hydrazone groups is 1. The lowest BCUT2D eigenvalue weighted by atomic mass is 10.0. The minimum Gasteiger partial charge on any atom is -0.380 e. The minimum atomic E-state index is -0.353. The zero-order valence-electron chi connectivity index (χ0n) is 14.3. The molecule has 1 aromatic carbocycles. The van der Waals surface area contributed by atoms with Crippen LogP contribution in [0.2, 0.25) is 5.02 Å². The summed E-state index contributed by atoms with van der Waals surface area (Å²) in [5.41, 5.74) is 3.75. The van der Waals surface area contributed by atoms with Crippen LogP contribution >= 0.6 is 11.6 Å². The van der Waals surface area contributed by atoms with Crippen LogP contribution in [0, 0.1) is 0 Å².